The van der Waals surface area contributed by atoms with Gasteiger partial charge in [0.1, 0.15) is 11.4 Å². The van der Waals surface area contributed by atoms with Crippen molar-refractivity contribution in [1.82, 2.24) is 5.32 Å². The maximum absolute atomic E-state index is 13.5. The first-order valence-electron chi connectivity index (χ1n) is 13.5. The van der Waals surface area contributed by atoms with E-state index in [0.29, 0.717) is 38.7 Å². The standard InChI is InChI=1S/C33H30N4O6S/c1-21-16-17-26(37(41)42)20-28(21)35-31(38)22(2)44-27-14-9-13-25(19-27)34-33(40)29(18-24-12-7-8-15-30(24)43-3)36-32(39)23-10-5-4-6-11-23/h4-20,22H,1-3H3,(H,34,40)(H,35,38)(H,36,39)/b29-18+. The molecule has 0 aliphatic heterocycles. The minimum Gasteiger partial charge on any atom is -0.496 e. The van der Waals surface area contributed by atoms with Gasteiger partial charge in [-0.05, 0) is 61.9 Å². The smallest absolute Gasteiger partial charge is 0.272 e. The van der Waals surface area contributed by atoms with Crippen LogP contribution < -0.4 is 20.7 Å². The van der Waals surface area contributed by atoms with Crippen molar-refractivity contribution < 1.29 is 24.0 Å². The number of rotatable bonds is 11. The van der Waals surface area contributed by atoms with E-state index >= 15 is 0 Å². The summed E-state index contributed by atoms with van der Waals surface area (Å²) in [5.41, 5.74) is 2.37. The third-order valence-corrected chi connectivity index (χ3v) is 7.53. The summed E-state index contributed by atoms with van der Waals surface area (Å²) in [7, 11) is 1.52. The molecular weight excluding hydrogens is 580 g/mol. The molecule has 3 N–H and O–H groups in total. The minimum absolute atomic E-state index is 0.00137. The number of carbonyl (C=O) groups is 3. The van der Waals surface area contributed by atoms with Crippen molar-refractivity contribution in [3.8, 4) is 5.75 Å². The number of hydrogen-bond donors (Lipinski definition) is 3. The summed E-state index contributed by atoms with van der Waals surface area (Å²) in [6, 6.07) is 26.9. The van der Waals surface area contributed by atoms with E-state index in [1.54, 1.807) is 98.8 Å². The van der Waals surface area contributed by atoms with Crippen molar-refractivity contribution >= 4 is 52.6 Å². The molecule has 0 saturated heterocycles. The van der Waals surface area contributed by atoms with Crippen molar-refractivity contribution in [3.05, 3.63) is 130 Å². The molecule has 4 aromatic carbocycles. The maximum Gasteiger partial charge on any atom is 0.272 e. The number of methoxy groups -OCH3 is 1. The van der Waals surface area contributed by atoms with E-state index in [0.717, 1.165) is 0 Å². The Hall–Kier alpha value is -5.42. The Kier molecular flexibility index (Phi) is 10.5. The molecule has 3 amide bonds. The Bertz CT molecular complexity index is 1720. The maximum atomic E-state index is 13.5. The molecule has 11 heteroatoms. The van der Waals surface area contributed by atoms with Gasteiger partial charge >= 0.3 is 0 Å². The van der Waals surface area contributed by atoms with Gasteiger partial charge in [-0.1, -0.05) is 48.5 Å². The number of thioether (sulfide) groups is 1. The van der Waals surface area contributed by atoms with Crippen molar-refractivity contribution in [3.63, 3.8) is 0 Å². The number of para-hydroxylation sites is 1. The van der Waals surface area contributed by atoms with Gasteiger partial charge in [0.15, 0.2) is 0 Å². The number of nitrogens with one attached hydrogen (secondary N) is 3. The topological polar surface area (TPSA) is 140 Å². The lowest BCUT2D eigenvalue weighted by molar-refractivity contribution is -0.384. The van der Waals surface area contributed by atoms with Gasteiger partial charge in [-0.15, -0.1) is 11.8 Å². The monoisotopic (exact) mass is 610 g/mol. The number of amides is 3. The van der Waals surface area contributed by atoms with Gasteiger partial charge in [-0.2, -0.15) is 0 Å². The summed E-state index contributed by atoms with van der Waals surface area (Å²) < 4.78 is 5.41. The normalized spacial score (nSPS) is 11.7. The van der Waals surface area contributed by atoms with Gasteiger partial charge in [0.25, 0.3) is 17.5 Å². The first kappa shape index (κ1) is 31.5. The fraction of sp³-hybridized carbons (Fsp3) is 0.121. The molecule has 0 heterocycles. The SMILES string of the molecule is COc1ccccc1/C=C(/NC(=O)c1ccccc1)C(=O)Nc1cccc(SC(C)C(=O)Nc2cc([N+](=O)[O-])ccc2C)c1. The highest BCUT2D eigenvalue weighted by Crippen LogP contribution is 2.28. The molecule has 0 aliphatic carbocycles. The number of nitrogens with zero attached hydrogens (tertiary/aromatic N) is 1. The van der Waals surface area contributed by atoms with Gasteiger partial charge in [0.05, 0.1) is 23.0 Å². The van der Waals surface area contributed by atoms with E-state index in [-0.39, 0.29) is 17.3 Å². The molecule has 4 aromatic rings. The van der Waals surface area contributed by atoms with Crippen LogP contribution in [0.2, 0.25) is 0 Å². The zero-order chi connectivity index (χ0) is 31.6. The molecule has 44 heavy (non-hydrogen) atoms. The summed E-state index contributed by atoms with van der Waals surface area (Å²) in [5, 5.41) is 18.9. The second-order valence-corrected chi connectivity index (χ2v) is 11.0. The van der Waals surface area contributed by atoms with Crippen LogP contribution in [0.4, 0.5) is 17.1 Å². The van der Waals surface area contributed by atoms with E-state index < -0.39 is 22.0 Å². The van der Waals surface area contributed by atoms with Gasteiger partial charge in [0, 0.05) is 33.8 Å². The average Bonchev–Trinajstić information content (AvgIpc) is 3.02. The van der Waals surface area contributed by atoms with Gasteiger partial charge in [-0.25, -0.2) is 0 Å². The van der Waals surface area contributed by atoms with Crippen molar-refractivity contribution in [1.29, 1.82) is 0 Å². The second kappa shape index (κ2) is 14.7. The van der Waals surface area contributed by atoms with Crippen molar-refractivity contribution in [2.45, 2.75) is 24.0 Å². The van der Waals surface area contributed by atoms with Gasteiger partial charge < -0.3 is 20.7 Å². The number of benzene rings is 4. The predicted molar refractivity (Wildman–Crippen MR) is 172 cm³/mol. The van der Waals surface area contributed by atoms with Crippen LogP contribution in [0.15, 0.2) is 108 Å². The highest BCUT2D eigenvalue weighted by atomic mass is 32.2. The molecule has 0 fully saturated rings. The zero-order valence-electron chi connectivity index (χ0n) is 24.2. The second-order valence-electron chi connectivity index (χ2n) is 9.61. The molecular formula is C33H30N4O6S. The predicted octanol–water partition coefficient (Wildman–Crippen LogP) is 6.44. The van der Waals surface area contributed by atoms with E-state index in [2.05, 4.69) is 16.0 Å². The minimum atomic E-state index is -0.564. The zero-order valence-corrected chi connectivity index (χ0v) is 25.0. The van der Waals surface area contributed by atoms with E-state index in [9.17, 15) is 24.5 Å². The first-order chi connectivity index (χ1) is 21.1. The Morgan fingerprint density at radius 1 is 0.909 bits per heavy atom. The summed E-state index contributed by atoms with van der Waals surface area (Å²) in [5.74, 6) is -0.823. The van der Waals surface area contributed by atoms with Crippen molar-refractivity contribution in [2.24, 2.45) is 0 Å². The number of carbonyl (C=O) groups excluding carboxylic acids is 3. The van der Waals surface area contributed by atoms with Crippen LogP contribution in [-0.4, -0.2) is 35.0 Å². The Labute approximate surface area is 258 Å². The van der Waals surface area contributed by atoms with Crippen LogP contribution >= 0.6 is 11.8 Å². The third-order valence-electron chi connectivity index (χ3n) is 6.43. The van der Waals surface area contributed by atoms with Crippen LogP contribution in [0.25, 0.3) is 6.08 Å². The lowest BCUT2D eigenvalue weighted by Crippen LogP contribution is -2.30. The Morgan fingerprint density at radius 3 is 2.36 bits per heavy atom. The van der Waals surface area contributed by atoms with E-state index in [1.807, 2.05) is 0 Å². The van der Waals surface area contributed by atoms with Crippen molar-refractivity contribution in [2.75, 3.05) is 17.7 Å². The number of nitro groups is 1. The molecule has 1 atom stereocenters. The summed E-state index contributed by atoms with van der Waals surface area (Å²) in [6.07, 6.45) is 1.54. The fourth-order valence-corrected chi connectivity index (χ4v) is 5.01. The van der Waals surface area contributed by atoms with Crippen LogP contribution in [0.5, 0.6) is 5.75 Å². The lowest BCUT2D eigenvalue weighted by Gasteiger charge is -2.15. The van der Waals surface area contributed by atoms with Crippen LogP contribution in [0.1, 0.15) is 28.4 Å². The largest absolute Gasteiger partial charge is 0.496 e. The van der Waals surface area contributed by atoms with Crippen LogP contribution in [0, 0.1) is 17.0 Å². The molecule has 1 unspecified atom stereocenters. The molecule has 0 bridgehead atoms. The number of anilines is 2. The number of hydrogen-bond acceptors (Lipinski definition) is 7. The molecule has 0 radical (unpaired) electrons. The van der Waals surface area contributed by atoms with Gasteiger partial charge in [0.2, 0.25) is 5.91 Å². The molecule has 224 valence electrons. The number of ether oxygens (including phenoxy) is 1. The summed E-state index contributed by atoms with van der Waals surface area (Å²) >= 11 is 1.25. The van der Waals surface area contributed by atoms with Crippen LogP contribution in [0.3, 0.4) is 0 Å². The van der Waals surface area contributed by atoms with Gasteiger partial charge in [-0.3, -0.25) is 24.5 Å². The highest BCUT2D eigenvalue weighted by molar-refractivity contribution is 8.00. The molecule has 4 rings (SSSR count). The summed E-state index contributed by atoms with van der Waals surface area (Å²) in [4.78, 5) is 50.7. The first-order valence-corrected chi connectivity index (χ1v) is 14.4. The number of nitro benzene ring substituents is 1. The molecule has 0 aromatic heterocycles. The average molecular weight is 611 g/mol. The molecule has 0 aliphatic rings. The van der Waals surface area contributed by atoms with E-state index in [1.165, 1.54) is 37.1 Å². The van der Waals surface area contributed by atoms with Crippen LogP contribution in [-0.2, 0) is 9.59 Å². The quantitative estimate of drug-likeness (QED) is 0.0768. The fourth-order valence-electron chi connectivity index (χ4n) is 4.08. The third kappa shape index (κ3) is 8.33. The number of aryl methyl sites for hydroxylation is 1. The highest BCUT2D eigenvalue weighted by Gasteiger charge is 2.19. The molecule has 10 nitrogen and oxygen atoms in total. The number of non-ortho nitro benzene ring substituents is 1. The lowest BCUT2D eigenvalue weighted by atomic mass is 10.1. The molecule has 0 spiro atoms. The Balaban J connectivity index is 1.50. The molecule has 0 saturated carbocycles. The Morgan fingerprint density at radius 2 is 1.64 bits per heavy atom. The van der Waals surface area contributed by atoms with E-state index in [4.69, 9.17) is 4.74 Å². The summed E-state index contributed by atoms with van der Waals surface area (Å²) in [6.45, 7) is 3.47.